The summed E-state index contributed by atoms with van der Waals surface area (Å²) in [6, 6.07) is 0. The zero-order chi connectivity index (χ0) is 9.02. The lowest BCUT2D eigenvalue weighted by Crippen LogP contribution is -1.99. The average Bonchev–Trinajstić information content (AvgIpc) is 1.87. The highest BCUT2D eigenvalue weighted by Crippen LogP contribution is 2.51. The highest BCUT2D eigenvalue weighted by Gasteiger charge is 2.12. The molecule has 2 atom stereocenters. The summed E-state index contributed by atoms with van der Waals surface area (Å²) in [6.45, 7) is 14.3. The van der Waals surface area contributed by atoms with E-state index in [1.165, 1.54) is 5.90 Å². The molecule has 11 heavy (non-hydrogen) atoms. The molecule has 0 saturated heterocycles. The van der Waals surface area contributed by atoms with Crippen LogP contribution in [0.2, 0.25) is 0 Å². The molecule has 2 heteroatoms. The van der Waals surface area contributed by atoms with Crippen LogP contribution < -0.4 is 0 Å². The predicted molar refractivity (Wildman–Crippen MR) is 60.8 cm³/mol. The fraction of sp³-hybridized carbons (Fsp3) is 1.00. The van der Waals surface area contributed by atoms with Crippen LogP contribution in [-0.4, -0.2) is 30.6 Å². The smallest absolute Gasteiger partial charge is 0.0121 e. The first kappa shape index (κ1) is 11.9. The molecular weight excluding hydrogens is 170 g/mol. The molecule has 0 saturated carbocycles. The fourth-order valence-electron chi connectivity index (χ4n) is 0.678. The third-order valence-corrected chi connectivity index (χ3v) is 9.30. The van der Waals surface area contributed by atoms with Gasteiger partial charge in [-0.15, -0.1) is 15.8 Å². The molecule has 0 nitrogen and oxygen atoms in total. The van der Waals surface area contributed by atoms with E-state index in [9.17, 15) is 0 Å². The summed E-state index contributed by atoms with van der Waals surface area (Å²) in [5.41, 5.74) is 1.85. The highest BCUT2D eigenvalue weighted by atomic mass is 31.2. The number of hydrogen-bond acceptors (Lipinski definition) is 0. The highest BCUT2D eigenvalue weighted by molar-refractivity contribution is 7.74. The molecule has 0 bridgehead atoms. The van der Waals surface area contributed by atoms with Gasteiger partial charge in [0.25, 0.3) is 0 Å². The Balaban J connectivity index is 3.66. The zero-order valence-corrected chi connectivity index (χ0v) is 10.5. The van der Waals surface area contributed by atoms with Gasteiger partial charge >= 0.3 is 0 Å². The van der Waals surface area contributed by atoms with Gasteiger partial charge in [-0.2, -0.15) is 0 Å². The third kappa shape index (κ3) is 5.15. The standard InChI is InChI=1S/C9H22P2/c1-8(2)10(5)7-11(6)9(3)4/h8-9H,7H2,1-6H3. The number of rotatable bonds is 4. The topological polar surface area (TPSA) is 0 Å². The molecule has 0 radical (unpaired) electrons. The Bertz CT molecular complexity index is 87.7. The molecule has 0 amide bonds. The van der Waals surface area contributed by atoms with E-state index in [-0.39, 0.29) is 0 Å². The maximum absolute atomic E-state index is 2.45. The first-order valence-corrected chi connectivity index (χ1v) is 8.44. The largest absolute Gasteiger partial charge is 0.103 e. The Morgan fingerprint density at radius 2 is 1.09 bits per heavy atom. The van der Waals surface area contributed by atoms with E-state index in [1.54, 1.807) is 0 Å². The van der Waals surface area contributed by atoms with Gasteiger partial charge < -0.3 is 0 Å². The Morgan fingerprint density at radius 1 is 0.818 bits per heavy atom. The van der Waals surface area contributed by atoms with Crippen LogP contribution in [0.1, 0.15) is 27.7 Å². The maximum Gasteiger partial charge on any atom is -0.0121 e. The van der Waals surface area contributed by atoms with Crippen molar-refractivity contribution in [1.29, 1.82) is 0 Å². The number of hydrogen-bond donors (Lipinski definition) is 0. The molecule has 0 aliphatic carbocycles. The van der Waals surface area contributed by atoms with Gasteiger partial charge in [0.15, 0.2) is 0 Å². The van der Waals surface area contributed by atoms with Crippen molar-refractivity contribution in [3.05, 3.63) is 0 Å². The van der Waals surface area contributed by atoms with Gasteiger partial charge in [-0.05, 0) is 30.6 Å². The van der Waals surface area contributed by atoms with Gasteiger partial charge in [0, 0.05) is 0 Å². The molecule has 0 rings (SSSR count). The van der Waals surface area contributed by atoms with Crippen molar-refractivity contribution in [3.63, 3.8) is 0 Å². The lowest BCUT2D eigenvalue weighted by molar-refractivity contribution is 1.08. The quantitative estimate of drug-likeness (QED) is 0.591. The van der Waals surface area contributed by atoms with Gasteiger partial charge in [0.05, 0.1) is 0 Å². The molecule has 68 valence electrons. The summed E-state index contributed by atoms with van der Waals surface area (Å²) < 4.78 is 0. The molecule has 0 aromatic rings. The van der Waals surface area contributed by atoms with Crippen molar-refractivity contribution in [2.24, 2.45) is 0 Å². The van der Waals surface area contributed by atoms with Crippen molar-refractivity contribution < 1.29 is 0 Å². The molecule has 0 aliphatic heterocycles. The molecule has 2 unspecified atom stereocenters. The second-order valence-corrected chi connectivity index (χ2v) is 10.1. The Labute approximate surface area is 74.7 Å². The summed E-state index contributed by atoms with van der Waals surface area (Å²) in [5.74, 6) is 1.51. The summed E-state index contributed by atoms with van der Waals surface area (Å²) in [6.07, 6.45) is 0. The SMILES string of the molecule is CC(C)P(C)CP(C)C(C)C. The van der Waals surface area contributed by atoms with Gasteiger partial charge in [-0.3, -0.25) is 0 Å². The lowest BCUT2D eigenvalue weighted by Gasteiger charge is -2.23. The van der Waals surface area contributed by atoms with Crippen molar-refractivity contribution in [3.8, 4) is 0 Å². The molecule has 0 aliphatic rings. The van der Waals surface area contributed by atoms with Crippen LogP contribution in [-0.2, 0) is 0 Å². The first-order chi connectivity index (χ1) is 4.95. The van der Waals surface area contributed by atoms with Crippen LogP contribution in [0.4, 0.5) is 0 Å². The second kappa shape index (κ2) is 5.50. The Kier molecular flexibility index (Phi) is 5.93. The van der Waals surface area contributed by atoms with Gasteiger partial charge in [-0.1, -0.05) is 27.7 Å². The maximum atomic E-state index is 2.45. The Hall–Kier alpha value is 0.860. The van der Waals surface area contributed by atoms with Crippen LogP contribution in [0.25, 0.3) is 0 Å². The predicted octanol–water partition coefficient (Wildman–Crippen LogP) is 3.98. The summed E-state index contributed by atoms with van der Waals surface area (Å²) in [7, 11) is 0.635. The zero-order valence-electron chi connectivity index (χ0n) is 8.76. The van der Waals surface area contributed by atoms with E-state index in [0.717, 1.165) is 11.3 Å². The average molecular weight is 192 g/mol. The van der Waals surface area contributed by atoms with Crippen LogP contribution >= 0.6 is 15.8 Å². The monoisotopic (exact) mass is 192 g/mol. The molecule has 0 fully saturated rings. The minimum atomic E-state index is 0.317. The molecule has 0 N–H and O–H groups in total. The van der Waals surface area contributed by atoms with Crippen LogP contribution in [0.3, 0.4) is 0 Å². The lowest BCUT2D eigenvalue weighted by atomic mass is 10.6. The minimum absolute atomic E-state index is 0.317. The van der Waals surface area contributed by atoms with Crippen LogP contribution in [0.5, 0.6) is 0 Å². The molecular formula is C9H22P2. The normalized spacial score (nSPS) is 17.5. The van der Waals surface area contributed by atoms with Crippen LogP contribution in [0, 0.1) is 0 Å². The molecule has 0 aromatic carbocycles. The van der Waals surface area contributed by atoms with E-state index in [1.807, 2.05) is 0 Å². The van der Waals surface area contributed by atoms with Gasteiger partial charge in [-0.25, -0.2) is 0 Å². The summed E-state index contributed by atoms with van der Waals surface area (Å²) in [5, 5.41) is 0. The van der Waals surface area contributed by atoms with Crippen molar-refractivity contribution in [1.82, 2.24) is 0 Å². The van der Waals surface area contributed by atoms with E-state index in [0.29, 0.717) is 15.8 Å². The summed E-state index contributed by atoms with van der Waals surface area (Å²) in [4.78, 5) is 0. The minimum Gasteiger partial charge on any atom is -0.103 e. The van der Waals surface area contributed by atoms with E-state index in [4.69, 9.17) is 0 Å². The molecule has 0 spiro atoms. The van der Waals surface area contributed by atoms with Crippen molar-refractivity contribution in [2.45, 2.75) is 39.0 Å². The van der Waals surface area contributed by atoms with Crippen LogP contribution in [0.15, 0.2) is 0 Å². The van der Waals surface area contributed by atoms with E-state index >= 15 is 0 Å². The second-order valence-electron chi connectivity index (χ2n) is 3.84. The van der Waals surface area contributed by atoms with Crippen molar-refractivity contribution >= 4 is 15.8 Å². The third-order valence-electron chi connectivity index (χ3n) is 2.21. The molecule has 0 heterocycles. The van der Waals surface area contributed by atoms with Gasteiger partial charge in [0.2, 0.25) is 0 Å². The summed E-state index contributed by atoms with van der Waals surface area (Å²) >= 11 is 0. The first-order valence-electron chi connectivity index (χ1n) is 4.35. The van der Waals surface area contributed by atoms with E-state index < -0.39 is 0 Å². The fourth-order valence-corrected chi connectivity index (χ4v) is 6.11. The van der Waals surface area contributed by atoms with E-state index in [2.05, 4.69) is 41.0 Å². The Morgan fingerprint density at radius 3 is 1.27 bits per heavy atom. The molecule has 0 aromatic heterocycles. The van der Waals surface area contributed by atoms with Gasteiger partial charge in [0.1, 0.15) is 0 Å². The van der Waals surface area contributed by atoms with Crippen molar-refractivity contribution in [2.75, 3.05) is 19.2 Å².